The van der Waals surface area contributed by atoms with Crippen molar-refractivity contribution in [3.63, 3.8) is 0 Å². The molecule has 0 aliphatic carbocycles. The maximum Gasteiger partial charge on any atom is 0.224 e. The van der Waals surface area contributed by atoms with Gasteiger partial charge in [-0.15, -0.1) is 0 Å². The number of aryl methyl sites for hydroxylation is 1. The Balaban J connectivity index is 1.70. The Morgan fingerprint density at radius 1 is 1.10 bits per heavy atom. The van der Waals surface area contributed by atoms with Crippen molar-refractivity contribution >= 4 is 34.2 Å². The van der Waals surface area contributed by atoms with Gasteiger partial charge in [-0.3, -0.25) is 9.59 Å². The lowest BCUT2D eigenvalue weighted by Crippen LogP contribution is -2.39. The van der Waals surface area contributed by atoms with Crippen LogP contribution in [0.4, 0.5) is 11.5 Å². The van der Waals surface area contributed by atoms with Gasteiger partial charge in [0.15, 0.2) is 0 Å². The third kappa shape index (κ3) is 5.71. The lowest BCUT2D eigenvalue weighted by molar-refractivity contribution is -0.124. The van der Waals surface area contributed by atoms with Crippen LogP contribution in [0.15, 0.2) is 24.3 Å². The molecule has 2 aromatic rings. The van der Waals surface area contributed by atoms with Crippen LogP contribution in [0.25, 0.3) is 10.9 Å². The number of rotatable bonds is 6. The highest BCUT2D eigenvalue weighted by molar-refractivity contribution is 5.96. The van der Waals surface area contributed by atoms with Crippen molar-refractivity contribution in [1.82, 2.24) is 10.3 Å². The number of benzene rings is 1. The van der Waals surface area contributed by atoms with E-state index in [1.54, 1.807) is 0 Å². The van der Waals surface area contributed by atoms with E-state index in [0.717, 1.165) is 41.1 Å². The first-order valence-electron chi connectivity index (χ1n) is 11.0. The van der Waals surface area contributed by atoms with Crippen LogP contribution < -0.4 is 15.5 Å². The van der Waals surface area contributed by atoms with Gasteiger partial charge in [0.25, 0.3) is 0 Å². The van der Waals surface area contributed by atoms with E-state index in [1.165, 1.54) is 6.42 Å². The molecule has 2 atom stereocenters. The second-order valence-corrected chi connectivity index (χ2v) is 9.15. The number of hydrogen-bond acceptors (Lipinski definition) is 4. The summed E-state index contributed by atoms with van der Waals surface area (Å²) in [6, 6.07) is 8.04. The summed E-state index contributed by atoms with van der Waals surface area (Å²) in [6.45, 7) is 12.6. The fourth-order valence-corrected chi connectivity index (χ4v) is 4.31. The highest BCUT2D eigenvalue weighted by Gasteiger charge is 2.23. The second kappa shape index (κ2) is 9.45. The molecule has 0 saturated carbocycles. The van der Waals surface area contributed by atoms with Gasteiger partial charge in [0, 0.05) is 43.0 Å². The number of anilines is 2. The smallest absolute Gasteiger partial charge is 0.224 e. The minimum atomic E-state index is -0.160. The molecule has 162 valence electrons. The van der Waals surface area contributed by atoms with Gasteiger partial charge in [0.05, 0.1) is 5.52 Å². The molecule has 1 fully saturated rings. The predicted octanol–water partition coefficient (Wildman–Crippen LogP) is 4.27. The van der Waals surface area contributed by atoms with Gasteiger partial charge in [0.1, 0.15) is 5.82 Å². The molecular formula is C24H34N4O2. The van der Waals surface area contributed by atoms with Crippen molar-refractivity contribution in [1.29, 1.82) is 0 Å². The summed E-state index contributed by atoms with van der Waals surface area (Å²) < 4.78 is 0. The monoisotopic (exact) mass is 410 g/mol. The normalized spacial score (nSPS) is 19.2. The fraction of sp³-hybridized carbons (Fsp3) is 0.542. The van der Waals surface area contributed by atoms with Gasteiger partial charge in [-0.05, 0) is 68.9 Å². The molecule has 1 aliphatic rings. The van der Waals surface area contributed by atoms with E-state index < -0.39 is 0 Å². The van der Waals surface area contributed by atoms with Crippen molar-refractivity contribution in [3.05, 3.63) is 29.8 Å². The first-order valence-corrected chi connectivity index (χ1v) is 11.0. The number of nitrogens with one attached hydrogen (secondary N) is 2. The first-order chi connectivity index (χ1) is 14.2. The Bertz CT molecular complexity index is 915. The predicted molar refractivity (Wildman–Crippen MR) is 123 cm³/mol. The molecule has 1 aliphatic heterocycles. The molecule has 6 nitrogen and oxygen atoms in total. The Kier molecular flexibility index (Phi) is 6.95. The molecule has 0 spiro atoms. The minimum absolute atomic E-state index is 0.0813. The standard InChI is InChI=1S/C24H34N4O2/c1-15(2)25-23(29)8-9-24(30)26-19-6-7-21-20(12-19)18(5)11-22(27-21)28-13-16(3)10-17(4)14-28/h6-7,11-12,15-17H,8-10,13-14H2,1-5H3,(H,25,29)(H,26,30)/t16-,17-/m0/s1. The van der Waals surface area contributed by atoms with Crippen molar-refractivity contribution in [3.8, 4) is 0 Å². The molecule has 3 rings (SSSR count). The molecule has 1 saturated heterocycles. The first kappa shape index (κ1) is 22.1. The summed E-state index contributed by atoms with van der Waals surface area (Å²) in [4.78, 5) is 31.3. The van der Waals surface area contributed by atoms with Crippen LogP contribution in [-0.2, 0) is 9.59 Å². The number of nitrogens with zero attached hydrogens (tertiary/aromatic N) is 2. The maximum atomic E-state index is 12.2. The van der Waals surface area contributed by atoms with Crippen LogP contribution in [0, 0.1) is 18.8 Å². The lowest BCUT2D eigenvalue weighted by atomic mass is 9.92. The minimum Gasteiger partial charge on any atom is -0.356 e. The molecule has 6 heteroatoms. The van der Waals surface area contributed by atoms with Crippen LogP contribution in [0.1, 0.15) is 52.5 Å². The molecule has 1 aromatic carbocycles. The van der Waals surface area contributed by atoms with E-state index in [2.05, 4.69) is 42.4 Å². The van der Waals surface area contributed by atoms with Crippen LogP contribution in [0.2, 0.25) is 0 Å². The van der Waals surface area contributed by atoms with Gasteiger partial charge in [-0.1, -0.05) is 13.8 Å². The lowest BCUT2D eigenvalue weighted by Gasteiger charge is -2.36. The number of carbonyl (C=O) groups excluding carboxylic acids is 2. The summed E-state index contributed by atoms with van der Waals surface area (Å²) in [7, 11) is 0. The van der Waals surface area contributed by atoms with Gasteiger partial charge in [0.2, 0.25) is 11.8 Å². The van der Waals surface area contributed by atoms with Crippen molar-refractivity contribution in [2.75, 3.05) is 23.3 Å². The Labute approximate surface area is 179 Å². The highest BCUT2D eigenvalue weighted by atomic mass is 16.2. The quantitative estimate of drug-likeness (QED) is 0.746. The molecule has 2 N–H and O–H groups in total. The van der Waals surface area contributed by atoms with Crippen LogP contribution in [-0.4, -0.2) is 35.9 Å². The van der Waals surface area contributed by atoms with E-state index in [4.69, 9.17) is 4.98 Å². The number of carbonyl (C=O) groups is 2. The average molecular weight is 411 g/mol. The summed E-state index contributed by atoms with van der Waals surface area (Å²) in [5, 5.41) is 6.74. The third-order valence-corrected chi connectivity index (χ3v) is 5.51. The highest BCUT2D eigenvalue weighted by Crippen LogP contribution is 2.29. The van der Waals surface area contributed by atoms with E-state index in [-0.39, 0.29) is 30.7 Å². The molecule has 0 radical (unpaired) electrons. The maximum absolute atomic E-state index is 12.2. The van der Waals surface area contributed by atoms with Gasteiger partial charge in [-0.25, -0.2) is 4.98 Å². The Morgan fingerprint density at radius 2 is 1.77 bits per heavy atom. The third-order valence-electron chi connectivity index (χ3n) is 5.51. The van der Waals surface area contributed by atoms with E-state index >= 15 is 0 Å². The number of piperidine rings is 1. The zero-order valence-electron chi connectivity index (χ0n) is 18.8. The van der Waals surface area contributed by atoms with Crippen LogP contribution in [0.5, 0.6) is 0 Å². The fourth-order valence-electron chi connectivity index (χ4n) is 4.31. The molecule has 2 heterocycles. The molecule has 2 amide bonds. The van der Waals surface area contributed by atoms with Crippen molar-refractivity contribution < 1.29 is 9.59 Å². The molecule has 1 aromatic heterocycles. The van der Waals surface area contributed by atoms with Gasteiger partial charge in [-0.2, -0.15) is 0 Å². The molecule has 0 bridgehead atoms. The molecule has 30 heavy (non-hydrogen) atoms. The largest absolute Gasteiger partial charge is 0.356 e. The van der Waals surface area contributed by atoms with E-state index in [0.29, 0.717) is 11.8 Å². The summed E-state index contributed by atoms with van der Waals surface area (Å²) >= 11 is 0. The number of pyridine rings is 1. The van der Waals surface area contributed by atoms with E-state index in [1.807, 2.05) is 32.0 Å². The van der Waals surface area contributed by atoms with Gasteiger partial charge >= 0.3 is 0 Å². The Hall–Kier alpha value is -2.63. The van der Waals surface area contributed by atoms with Crippen molar-refractivity contribution in [2.24, 2.45) is 11.8 Å². The SMILES string of the molecule is Cc1cc(N2C[C@@H](C)C[C@H](C)C2)nc2ccc(NC(=O)CCC(=O)NC(C)C)cc12. The summed E-state index contributed by atoms with van der Waals surface area (Å²) in [6.07, 6.45) is 1.62. The second-order valence-electron chi connectivity index (χ2n) is 9.15. The van der Waals surface area contributed by atoms with Crippen molar-refractivity contribution in [2.45, 2.75) is 59.9 Å². The zero-order chi connectivity index (χ0) is 21.8. The number of aromatic nitrogens is 1. The molecular weight excluding hydrogens is 376 g/mol. The van der Waals surface area contributed by atoms with Crippen LogP contribution in [0.3, 0.4) is 0 Å². The van der Waals surface area contributed by atoms with Gasteiger partial charge < -0.3 is 15.5 Å². The topological polar surface area (TPSA) is 74.3 Å². The number of amides is 2. The average Bonchev–Trinajstić information content (AvgIpc) is 2.65. The number of fused-ring (bicyclic) bond motifs is 1. The Morgan fingerprint density at radius 3 is 2.43 bits per heavy atom. The number of hydrogen-bond donors (Lipinski definition) is 2. The van der Waals surface area contributed by atoms with E-state index in [9.17, 15) is 9.59 Å². The van der Waals surface area contributed by atoms with Crippen LogP contribution >= 0.6 is 0 Å². The molecule has 0 unspecified atom stereocenters. The summed E-state index contributed by atoms with van der Waals surface area (Å²) in [5.41, 5.74) is 2.81. The summed E-state index contributed by atoms with van der Waals surface area (Å²) in [5.74, 6) is 2.12. The zero-order valence-corrected chi connectivity index (χ0v) is 18.8.